The molecule has 4 rings (SSSR count). The molecule has 1 heterocycles. The molecule has 0 fully saturated rings. The molecule has 3 aromatic carbocycles. The number of amides is 1. The maximum Gasteiger partial charge on any atom is 0.261 e. The summed E-state index contributed by atoms with van der Waals surface area (Å²) in [5.74, 6) is 0.762. The van der Waals surface area contributed by atoms with E-state index in [1.807, 2.05) is 73.8 Å². The Bertz CT molecular complexity index is 1370. The predicted octanol–water partition coefficient (Wildman–Crippen LogP) is 5.41. The van der Waals surface area contributed by atoms with E-state index in [4.69, 9.17) is 9.47 Å². The lowest BCUT2D eigenvalue weighted by atomic mass is 10.1. The smallest absolute Gasteiger partial charge is 0.261 e. The van der Waals surface area contributed by atoms with Crippen molar-refractivity contribution < 1.29 is 14.3 Å². The third-order valence-corrected chi connectivity index (χ3v) is 5.54. The first-order valence-corrected chi connectivity index (χ1v) is 11.6. The first kappa shape index (κ1) is 23.7. The van der Waals surface area contributed by atoms with Crippen LogP contribution in [0, 0.1) is 11.3 Å². The van der Waals surface area contributed by atoms with E-state index in [2.05, 4.69) is 10.3 Å². The van der Waals surface area contributed by atoms with Gasteiger partial charge in [-0.05, 0) is 54.3 Å². The Balaban J connectivity index is 1.41. The fourth-order valence-electron chi connectivity index (χ4n) is 3.80. The van der Waals surface area contributed by atoms with Crippen molar-refractivity contribution in [3.63, 3.8) is 0 Å². The van der Waals surface area contributed by atoms with Gasteiger partial charge in [-0.1, -0.05) is 54.6 Å². The highest BCUT2D eigenvalue weighted by Crippen LogP contribution is 2.30. The molecule has 35 heavy (non-hydrogen) atoms. The van der Waals surface area contributed by atoms with Crippen molar-refractivity contribution in [3.8, 4) is 17.6 Å². The molecule has 0 radical (unpaired) electrons. The average molecular weight is 466 g/mol. The minimum atomic E-state index is -0.408. The zero-order valence-corrected chi connectivity index (χ0v) is 19.6. The van der Waals surface area contributed by atoms with Gasteiger partial charge in [-0.3, -0.25) is 4.79 Å². The third kappa shape index (κ3) is 6.10. The highest BCUT2D eigenvalue weighted by Gasteiger charge is 2.12. The monoisotopic (exact) mass is 465 g/mol. The standard InChI is InChI=1S/C29H27N3O3/c1-2-34-28-17-22(12-13-27(28)35-20-21-8-4-3-5-9-21)16-24(18-30)29(33)31-15-14-23-19-32-26-11-7-6-10-25(23)26/h3-13,16-17,19,32H,2,14-15,20H2,1H3,(H,31,33)/b24-16-. The number of H-pyrrole nitrogens is 1. The van der Waals surface area contributed by atoms with Crippen LogP contribution in [-0.4, -0.2) is 24.0 Å². The Morgan fingerprint density at radius 2 is 1.83 bits per heavy atom. The molecule has 6 nitrogen and oxygen atoms in total. The molecule has 2 N–H and O–H groups in total. The summed E-state index contributed by atoms with van der Waals surface area (Å²) in [7, 11) is 0. The van der Waals surface area contributed by atoms with Gasteiger partial charge in [0.1, 0.15) is 18.2 Å². The zero-order chi connectivity index (χ0) is 24.5. The normalized spacial score (nSPS) is 11.1. The van der Waals surface area contributed by atoms with Crippen LogP contribution < -0.4 is 14.8 Å². The van der Waals surface area contributed by atoms with Crippen molar-refractivity contribution in [2.45, 2.75) is 20.0 Å². The van der Waals surface area contributed by atoms with E-state index < -0.39 is 5.91 Å². The number of hydrogen-bond acceptors (Lipinski definition) is 4. The Morgan fingerprint density at radius 3 is 2.63 bits per heavy atom. The van der Waals surface area contributed by atoms with Crippen LogP contribution in [0.2, 0.25) is 0 Å². The lowest BCUT2D eigenvalue weighted by Crippen LogP contribution is -2.26. The molecule has 6 heteroatoms. The van der Waals surface area contributed by atoms with Crippen molar-refractivity contribution in [1.82, 2.24) is 10.3 Å². The summed E-state index contributed by atoms with van der Waals surface area (Å²) in [6, 6.07) is 25.3. The number of fused-ring (bicyclic) bond motifs is 1. The molecule has 0 saturated heterocycles. The van der Waals surface area contributed by atoms with Gasteiger partial charge in [0, 0.05) is 23.6 Å². The Hall–Kier alpha value is -4.50. The van der Waals surface area contributed by atoms with E-state index in [1.54, 1.807) is 24.3 Å². The largest absolute Gasteiger partial charge is 0.490 e. The van der Waals surface area contributed by atoms with Crippen molar-refractivity contribution in [2.24, 2.45) is 0 Å². The molecular weight excluding hydrogens is 438 g/mol. The third-order valence-electron chi connectivity index (χ3n) is 5.54. The number of para-hydroxylation sites is 1. The van der Waals surface area contributed by atoms with Gasteiger partial charge in [0.05, 0.1) is 6.61 Å². The fourth-order valence-corrected chi connectivity index (χ4v) is 3.80. The number of hydrogen-bond donors (Lipinski definition) is 2. The molecule has 0 aliphatic rings. The van der Waals surface area contributed by atoms with E-state index in [-0.39, 0.29) is 5.57 Å². The average Bonchev–Trinajstić information content (AvgIpc) is 3.30. The first-order chi connectivity index (χ1) is 17.2. The summed E-state index contributed by atoms with van der Waals surface area (Å²) >= 11 is 0. The van der Waals surface area contributed by atoms with E-state index >= 15 is 0 Å². The summed E-state index contributed by atoms with van der Waals surface area (Å²) in [6.45, 7) is 3.20. The highest BCUT2D eigenvalue weighted by atomic mass is 16.5. The molecule has 1 amide bonds. The highest BCUT2D eigenvalue weighted by molar-refractivity contribution is 6.01. The SMILES string of the molecule is CCOc1cc(/C=C(/C#N)C(=O)NCCc2c[nH]c3ccccc23)ccc1OCc1ccccc1. The maximum atomic E-state index is 12.6. The van der Waals surface area contributed by atoms with Crippen molar-refractivity contribution >= 4 is 22.9 Å². The number of benzene rings is 3. The molecule has 0 spiro atoms. The molecular formula is C29H27N3O3. The van der Waals surface area contributed by atoms with Crippen LogP contribution in [0.5, 0.6) is 11.5 Å². The molecule has 0 saturated carbocycles. The van der Waals surface area contributed by atoms with Gasteiger partial charge < -0.3 is 19.8 Å². The van der Waals surface area contributed by atoms with Gasteiger partial charge in [0.15, 0.2) is 11.5 Å². The number of nitrogens with zero attached hydrogens (tertiary/aromatic N) is 1. The Labute approximate surface area is 204 Å². The fraction of sp³-hybridized carbons (Fsp3) is 0.172. The second kappa shape index (κ2) is 11.6. The van der Waals surface area contributed by atoms with E-state index in [1.165, 1.54) is 0 Å². The Morgan fingerprint density at radius 1 is 1.03 bits per heavy atom. The van der Waals surface area contributed by atoms with Gasteiger partial charge >= 0.3 is 0 Å². The molecule has 0 bridgehead atoms. The number of aromatic nitrogens is 1. The number of carbonyl (C=O) groups is 1. The van der Waals surface area contributed by atoms with Crippen molar-refractivity contribution in [2.75, 3.05) is 13.2 Å². The number of nitrogens with one attached hydrogen (secondary N) is 2. The molecule has 0 unspecified atom stereocenters. The lowest BCUT2D eigenvalue weighted by Gasteiger charge is -2.13. The summed E-state index contributed by atoms with van der Waals surface area (Å²) in [5, 5.41) is 13.6. The molecule has 4 aromatic rings. The van der Waals surface area contributed by atoms with Crippen molar-refractivity contribution in [1.29, 1.82) is 5.26 Å². The van der Waals surface area contributed by atoms with Crippen LogP contribution in [0.15, 0.2) is 84.6 Å². The van der Waals surface area contributed by atoms with Crippen LogP contribution in [0.1, 0.15) is 23.6 Å². The minimum absolute atomic E-state index is 0.0318. The van der Waals surface area contributed by atoms with E-state index in [0.717, 1.165) is 22.0 Å². The quantitative estimate of drug-likeness (QED) is 0.242. The Kier molecular flexibility index (Phi) is 7.82. The molecule has 0 atom stereocenters. The number of nitriles is 1. The van der Waals surface area contributed by atoms with Gasteiger partial charge in [-0.25, -0.2) is 0 Å². The van der Waals surface area contributed by atoms with Crippen molar-refractivity contribution in [3.05, 3.63) is 101 Å². The van der Waals surface area contributed by atoms with Crippen LogP contribution in [-0.2, 0) is 17.8 Å². The van der Waals surface area contributed by atoms with Crippen LogP contribution in [0.25, 0.3) is 17.0 Å². The molecule has 1 aromatic heterocycles. The summed E-state index contributed by atoms with van der Waals surface area (Å²) < 4.78 is 11.7. The molecule has 0 aliphatic heterocycles. The number of rotatable bonds is 10. The lowest BCUT2D eigenvalue weighted by molar-refractivity contribution is -0.117. The van der Waals surface area contributed by atoms with Crippen LogP contribution >= 0.6 is 0 Å². The van der Waals surface area contributed by atoms with Gasteiger partial charge in [-0.15, -0.1) is 0 Å². The zero-order valence-electron chi connectivity index (χ0n) is 19.6. The first-order valence-electron chi connectivity index (χ1n) is 11.6. The maximum absolute atomic E-state index is 12.6. The second-order valence-electron chi connectivity index (χ2n) is 7.95. The summed E-state index contributed by atoms with van der Waals surface area (Å²) in [6.07, 6.45) is 4.18. The van der Waals surface area contributed by atoms with Gasteiger partial charge in [0.25, 0.3) is 5.91 Å². The van der Waals surface area contributed by atoms with E-state index in [0.29, 0.717) is 43.2 Å². The minimum Gasteiger partial charge on any atom is -0.490 e. The number of aromatic amines is 1. The number of carbonyl (C=O) groups excluding carboxylic acids is 1. The molecule has 176 valence electrons. The van der Waals surface area contributed by atoms with Gasteiger partial charge in [-0.2, -0.15) is 5.26 Å². The van der Waals surface area contributed by atoms with Crippen LogP contribution in [0.4, 0.5) is 0 Å². The predicted molar refractivity (Wildman–Crippen MR) is 137 cm³/mol. The second-order valence-corrected chi connectivity index (χ2v) is 7.95. The van der Waals surface area contributed by atoms with E-state index in [9.17, 15) is 10.1 Å². The molecule has 0 aliphatic carbocycles. The summed E-state index contributed by atoms with van der Waals surface area (Å²) in [5.41, 5.74) is 3.95. The van der Waals surface area contributed by atoms with Gasteiger partial charge in [0.2, 0.25) is 0 Å². The number of ether oxygens (including phenoxy) is 2. The topological polar surface area (TPSA) is 87.1 Å². The van der Waals surface area contributed by atoms with Crippen LogP contribution in [0.3, 0.4) is 0 Å². The summed E-state index contributed by atoms with van der Waals surface area (Å²) in [4.78, 5) is 15.9.